The van der Waals surface area contributed by atoms with E-state index in [1.54, 1.807) is 11.3 Å². The van der Waals surface area contributed by atoms with Gasteiger partial charge in [-0.05, 0) is 24.5 Å². The second-order valence-electron chi connectivity index (χ2n) is 6.36. The van der Waals surface area contributed by atoms with Crippen molar-refractivity contribution in [1.82, 2.24) is 20.5 Å². The van der Waals surface area contributed by atoms with E-state index in [9.17, 15) is 4.79 Å². The van der Waals surface area contributed by atoms with Crippen molar-refractivity contribution in [2.24, 2.45) is 5.92 Å². The standard InChI is InChI=1S/C18H22N4O2S2/c1-12(2)9-10-19-15(23)11-25-18-22-21-16(24-18)7-8-17-20-13-5-3-4-6-14(13)26-17/h3-6,12H,7-11H2,1-2H3,(H,19,23). The molecule has 1 amide bonds. The molecule has 0 spiro atoms. The predicted molar refractivity (Wildman–Crippen MR) is 105 cm³/mol. The maximum atomic E-state index is 11.8. The Hall–Kier alpha value is -1.93. The number of nitrogens with one attached hydrogen (secondary N) is 1. The summed E-state index contributed by atoms with van der Waals surface area (Å²) < 4.78 is 6.80. The van der Waals surface area contributed by atoms with E-state index in [0.717, 1.165) is 23.4 Å². The van der Waals surface area contributed by atoms with Gasteiger partial charge in [0.2, 0.25) is 11.8 Å². The van der Waals surface area contributed by atoms with Gasteiger partial charge in [0.15, 0.2) is 0 Å². The Morgan fingerprint density at radius 1 is 1.27 bits per heavy atom. The fraction of sp³-hybridized carbons (Fsp3) is 0.444. The third-order valence-corrected chi connectivity index (χ3v) is 5.62. The van der Waals surface area contributed by atoms with Crippen molar-refractivity contribution in [3.05, 3.63) is 35.2 Å². The molecule has 1 aromatic carbocycles. The number of para-hydroxylation sites is 1. The van der Waals surface area contributed by atoms with Crippen LogP contribution in [0.3, 0.4) is 0 Å². The Kier molecular flexibility index (Phi) is 6.62. The first-order chi connectivity index (χ1) is 12.6. The number of amides is 1. The average Bonchev–Trinajstić information content (AvgIpc) is 3.24. The molecular formula is C18H22N4O2S2. The van der Waals surface area contributed by atoms with Gasteiger partial charge >= 0.3 is 0 Å². The molecule has 6 nitrogen and oxygen atoms in total. The molecule has 0 aliphatic carbocycles. The van der Waals surface area contributed by atoms with Crippen LogP contribution in [0.2, 0.25) is 0 Å². The fourth-order valence-corrected chi connectivity index (χ4v) is 3.89. The maximum absolute atomic E-state index is 11.8. The highest BCUT2D eigenvalue weighted by Crippen LogP contribution is 2.23. The molecule has 3 rings (SSSR count). The minimum Gasteiger partial charge on any atom is -0.416 e. The Bertz CT molecular complexity index is 827. The molecule has 0 unspecified atom stereocenters. The van der Waals surface area contributed by atoms with Crippen molar-refractivity contribution in [2.75, 3.05) is 12.3 Å². The van der Waals surface area contributed by atoms with Crippen LogP contribution in [0.4, 0.5) is 0 Å². The number of nitrogens with zero attached hydrogens (tertiary/aromatic N) is 3. The molecule has 0 atom stereocenters. The van der Waals surface area contributed by atoms with Crippen LogP contribution < -0.4 is 5.32 Å². The molecule has 0 aliphatic rings. The Morgan fingerprint density at radius 3 is 2.92 bits per heavy atom. The molecule has 3 aromatic rings. The minimum atomic E-state index is -0.00937. The molecule has 138 valence electrons. The van der Waals surface area contributed by atoms with Gasteiger partial charge in [-0.2, -0.15) is 0 Å². The third-order valence-electron chi connectivity index (χ3n) is 3.71. The molecule has 0 bridgehead atoms. The topological polar surface area (TPSA) is 80.9 Å². The van der Waals surface area contributed by atoms with E-state index in [1.807, 2.05) is 18.2 Å². The highest BCUT2D eigenvalue weighted by Gasteiger charge is 2.11. The summed E-state index contributed by atoms with van der Waals surface area (Å²) in [6.07, 6.45) is 2.39. The first kappa shape index (κ1) is 18.8. The van der Waals surface area contributed by atoms with Crippen molar-refractivity contribution >= 4 is 39.2 Å². The van der Waals surface area contributed by atoms with Crippen molar-refractivity contribution in [2.45, 2.75) is 38.3 Å². The van der Waals surface area contributed by atoms with Gasteiger partial charge in [0.05, 0.1) is 21.0 Å². The van der Waals surface area contributed by atoms with Gasteiger partial charge in [0.1, 0.15) is 0 Å². The van der Waals surface area contributed by atoms with Crippen LogP contribution in [0, 0.1) is 5.92 Å². The quantitative estimate of drug-likeness (QED) is 0.561. The first-order valence-corrected chi connectivity index (χ1v) is 10.5. The normalized spacial score (nSPS) is 11.3. The van der Waals surface area contributed by atoms with Crippen LogP contribution in [0.1, 0.15) is 31.2 Å². The fourth-order valence-electron chi connectivity index (χ4n) is 2.32. The SMILES string of the molecule is CC(C)CCNC(=O)CSc1nnc(CCc2nc3ccccc3s2)o1. The van der Waals surface area contributed by atoms with E-state index in [0.29, 0.717) is 30.0 Å². The van der Waals surface area contributed by atoms with Gasteiger partial charge in [0.25, 0.3) is 5.22 Å². The van der Waals surface area contributed by atoms with Crippen LogP contribution >= 0.6 is 23.1 Å². The summed E-state index contributed by atoms with van der Waals surface area (Å²) in [4.78, 5) is 16.4. The Morgan fingerprint density at radius 2 is 2.12 bits per heavy atom. The smallest absolute Gasteiger partial charge is 0.277 e. The molecule has 0 aliphatic heterocycles. The zero-order chi connectivity index (χ0) is 18.4. The van der Waals surface area contributed by atoms with Crippen LogP contribution in [0.5, 0.6) is 0 Å². The van der Waals surface area contributed by atoms with Crippen LogP contribution in [-0.2, 0) is 17.6 Å². The lowest BCUT2D eigenvalue weighted by Gasteiger charge is -2.05. The second kappa shape index (κ2) is 9.14. The number of hydrogen-bond acceptors (Lipinski definition) is 7. The van der Waals surface area contributed by atoms with E-state index >= 15 is 0 Å². The molecule has 0 fully saturated rings. The van der Waals surface area contributed by atoms with Gasteiger partial charge in [-0.1, -0.05) is 37.7 Å². The van der Waals surface area contributed by atoms with E-state index in [2.05, 4.69) is 40.4 Å². The van der Waals surface area contributed by atoms with Crippen molar-refractivity contribution in [3.8, 4) is 0 Å². The van der Waals surface area contributed by atoms with Crippen molar-refractivity contribution < 1.29 is 9.21 Å². The average molecular weight is 391 g/mol. The van der Waals surface area contributed by atoms with Crippen LogP contribution in [0.15, 0.2) is 33.9 Å². The lowest BCUT2D eigenvalue weighted by Crippen LogP contribution is -2.26. The lowest BCUT2D eigenvalue weighted by atomic mass is 10.1. The van der Waals surface area contributed by atoms with Gasteiger partial charge in [-0.15, -0.1) is 21.5 Å². The highest BCUT2D eigenvalue weighted by molar-refractivity contribution is 7.99. The summed E-state index contributed by atoms with van der Waals surface area (Å²) >= 11 is 2.96. The zero-order valence-electron chi connectivity index (χ0n) is 14.9. The van der Waals surface area contributed by atoms with Gasteiger partial charge in [-0.25, -0.2) is 4.98 Å². The summed E-state index contributed by atoms with van der Waals surface area (Å²) in [5, 5.41) is 12.4. The molecule has 2 aromatic heterocycles. The molecule has 26 heavy (non-hydrogen) atoms. The molecule has 2 heterocycles. The molecule has 1 N–H and O–H groups in total. The number of aryl methyl sites for hydroxylation is 2. The number of rotatable bonds is 9. The third kappa shape index (κ3) is 5.54. The Balaban J connectivity index is 1.43. The lowest BCUT2D eigenvalue weighted by molar-refractivity contribution is -0.118. The second-order valence-corrected chi connectivity index (χ2v) is 8.40. The number of thioether (sulfide) groups is 1. The van der Waals surface area contributed by atoms with Gasteiger partial charge in [-0.3, -0.25) is 4.79 Å². The number of carbonyl (C=O) groups excluding carboxylic acids is 1. The Labute approximate surface area is 160 Å². The number of carbonyl (C=O) groups is 1. The predicted octanol–water partition coefficient (Wildman–Crippen LogP) is 3.72. The number of benzene rings is 1. The summed E-state index contributed by atoms with van der Waals surface area (Å²) in [6.45, 7) is 4.97. The summed E-state index contributed by atoms with van der Waals surface area (Å²) in [5.74, 6) is 1.44. The van der Waals surface area contributed by atoms with Crippen molar-refractivity contribution in [3.63, 3.8) is 0 Å². The summed E-state index contributed by atoms with van der Waals surface area (Å²) in [7, 11) is 0. The zero-order valence-corrected chi connectivity index (χ0v) is 16.5. The molecule has 8 heteroatoms. The number of fused-ring (bicyclic) bond motifs is 1. The largest absolute Gasteiger partial charge is 0.416 e. The van der Waals surface area contributed by atoms with E-state index in [1.165, 1.54) is 16.5 Å². The van der Waals surface area contributed by atoms with E-state index in [4.69, 9.17) is 4.42 Å². The number of aromatic nitrogens is 3. The number of hydrogen-bond donors (Lipinski definition) is 1. The molecular weight excluding hydrogens is 368 g/mol. The van der Waals surface area contributed by atoms with Gasteiger partial charge < -0.3 is 9.73 Å². The first-order valence-electron chi connectivity index (χ1n) is 8.66. The monoisotopic (exact) mass is 390 g/mol. The highest BCUT2D eigenvalue weighted by atomic mass is 32.2. The van der Waals surface area contributed by atoms with Crippen molar-refractivity contribution in [1.29, 1.82) is 0 Å². The van der Waals surface area contributed by atoms with Gasteiger partial charge in [0, 0.05) is 19.4 Å². The summed E-state index contributed by atoms with van der Waals surface area (Å²) in [5.41, 5.74) is 1.03. The van der Waals surface area contributed by atoms with E-state index < -0.39 is 0 Å². The van der Waals surface area contributed by atoms with E-state index in [-0.39, 0.29) is 11.7 Å². The molecule has 0 radical (unpaired) electrons. The molecule has 0 saturated carbocycles. The van der Waals surface area contributed by atoms with Crippen LogP contribution in [0.25, 0.3) is 10.2 Å². The maximum Gasteiger partial charge on any atom is 0.277 e. The minimum absolute atomic E-state index is 0.00937. The van der Waals surface area contributed by atoms with Crippen LogP contribution in [-0.4, -0.2) is 33.4 Å². The number of thiazole rings is 1. The molecule has 0 saturated heterocycles. The summed E-state index contributed by atoms with van der Waals surface area (Å²) in [6, 6.07) is 8.10.